The minimum absolute atomic E-state index is 0.128. The van der Waals surface area contributed by atoms with E-state index in [1.54, 1.807) is 13.0 Å². The number of hydrogen-bond donors (Lipinski definition) is 1. The molecule has 0 aliphatic rings. The van der Waals surface area contributed by atoms with Crippen molar-refractivity contribution in [2.75, 3.05) is 4.72 Å². The van der Waals surface area contributed by atoms with E-state index >= 15 is 0 Å². The lowest BCUT2D eigenvalue weighted by Crippen LogP contribution is -2.17. The van der Waals surface area contributed by atoms with Crippen molar-refractivity contribution in [2.24, 2.45) is 0 Å². The van der Waals surface area contributed by atoms with Crippen LogP contribution in [0.5, 0.6) is 0 Å². The van der Waals surface area contributed by atoms with Crippen LogP contribution in [-0.4, -0.2) is 33.2 Å². The van der Waals surface area contributed by atoms with Gasteiger partial charge in [-0.1, -0.05) is 6.07 Å². The summed E-state index contributed by atoms with van der Waals surface area (Å²) < 4.78 is 54.9. The second-order valence-corrected chi connectivity index (χ2v) is 6.63. The number of sulfonamides is 1. The monoisotopic (exact) mass is 366 g/mol. The number of anilines is 1. The normalized spacial score (nSPS) is 11.5. The first kappa shape index (κ1) is 16.9. The van der Waals surface area contributed by atoms with Crippen molar-refractivity contribution in [2.45, 2.75) is 19.0 Å². The molecule has 0 atom stereocenters. The van der Waals surface area contributed by atoms with Gasteiger partial charge in [0.15, 0.2) is 0 Å². The summed E-state index contributed by atoms with van der Waals surface area (Å²) in [6, 6.07) is 4.64. The van der Waals surface area contributed by atoms with Crippen molar-refractivity contribution < 1.29 is 17.2 Å². The molecule has 3 rings (SSSR count). The van der Waals surface area contributed by atoms with E-state index in [1.165, 1.54) is 13.1 Å². The smallest absolute Gasteiger partial charge is 0.271 e. The number of nitrogens with zero attached hydrogens (tertiary/aromatic N) is 5. The Hall–Kier alpha value is -2.95. The average Bonchev–Trinajstić information content (AvgIpc) is 2.94. The van der Waals surface area contributed by atoms with E-state index in [1.807, 2.05) is 4.72 Å². The van der Waals surface area contributed by atoms with Crippen LogP contribution in [0.15, 0.2) is 35.6 Å². The quantitative estimate of drug-likeness (QED) is 0.755. The highest BCUT2D eigenvalue weighted by molar-refractivity contribution is 7.92. The maximum absolute atomic E-state index is 13.7. The molecule has 3 aromatic rings. The molecule has 2 aromatic heterocycles. The number of aromatic nitrogens is 5. The molecule has 130 valence electrons. The van der Waals surface area contributed by atoms with Gasteiger partial charge in [-0.05, 0) is 32.0 Å². The summed E-state index contributed by atoms with van der Waals surface area (Å²) in [6.07, 6.45) is 1.49. The fourth-order valence-corrected chi connectivity index (χ4v) is 2.98. The summed E-state index contributed by atoms with van der Waals surface area (Å²) in [7, 11) is -4.41. The van der Waals surface area contributed by atoms with Crippen molar-refractivity contribution in [3.8, 4) is 5.95 Å². The molecule has 25 heavy (non-hydrogen) atoms. The topological polar surface area (TPSA) is 103 Å². The Labute approximate surface area is 141 Å². The molecule has 0 spiro atoms. The maximum atomic E-state index is 13.7. The molecule has 0 aliphatic heterocycles. The number of para-hydroxylation sites is 1. The zero-order chi connectivity index (χ0) is 18.2. The number of hydrogen-bond acceptors (Lipinski definition) is 6. The SMILES string of the molecule is Cc1ccnc(-n2nc(S(=O)(=O)Nc3c(F)cccc3F)nc2C)n1. The molecular formula is C14H12F2N6O2S. The maximum Gasteiger partial charge on any atom is 0.299 e. The van der Waals surface area contributed by atoms with E-state index in [4.69, 9.17) is 0 Å². The van der Waals surface area contributed by atoms with E-state index in [2.05, 4.69) is 20.1 Å². The number of aryl methyl sites for hydroxylation is 2. The molecule has 0 amide bonds. The summed E-state index contributed by atoms with van der Waals surface area (Å²) >= 11 is 0. The number of halogens is 2. The van der Waals surface area contributed by atoms with E-state index in [-0.39, 0.29) is 11.8 Å². The van der Waals surface area contributed by atoms with Crippen LogP contribution in [-0.2, 0) is 10.0 Å². The van der Waals surface area contributed by atoms with Crippen LogP contribution in [0.1, 0.15) is 11.5 Å². The highest BCUT2D eigenvalue weighted by Crippen LogP contribution is 2.21. The van der Waals surface area contributed by atoms with Gasteiger partial charge < -0.3 is 0 Å². The first-order chi connectivity index (χ1) is 11.8. The van der Waals surface area contributed by atoms with Crippen molar-refractivity contribution >= 4 is 15.7 Å². The summed E-state index contributed by atoms with van der Waals surface area (Å²) in [6.45, 7) is 3.24. The molecule has 1 N–H and O–H groups in total. The minimum atomic E-state index is -4.41. The van der Waals surface area contributed by atoms with Gasteiger partial charge in [0.25, 0.3) is 21.1 Å². The van der Waals surface area contributed by atoms with Crippen molar-refractivity contribution in [3.05, 3.63) is 53.6 Å². The van der Waals surface area contributed by atoms with Crippen molar-refractivity contribution in [1.29, 1.82) is 0 Å². The fourth-order valence-electron chi connectivity index (χ4n) is 1.98. The average molecular weight is 366 g/mol. The van der Waals surface area contributed by atoms with Crippen LogP contribution in [0.3, 0.4) is 0 Å². The van der Waals surface area contributed by atoms with Gasteiger partial charge in [0.1, 0.15) is 23.1 Å². The molecule has 0 unspecified atom stereocenters. The Morgan fingerprint density at radius 3 is 2.40 bits per heavy atom. The second-order valence-electron chi connectivity index (χ2n) is 5.05. The zero-order valence-corrected chi connectivity index (χ0v) is 13.9. The first-order valence-corrected chi connectivity index (χ1v) is 8.47. The van der Waals surface area contributed by atoms with Crippen LogP contribution < -0.4 is 4.72 Å². The lowest BCUT2D eigenvalue weighted by molar-refractivity contribution is 0.578. The molecular weight excluding hydrogens is 354 g/mol. The Bertz CT molecular complexity index is 1030. The van der Waals surface area contributed by atoms with Crippen molar-refractivity contribution in [1.82, 2.24) is 24.7 Å². The van der Waals surface area contributed by atoms with Gasteiger partial charge in [0, 0.05) is 11.9 Å². The van der Waals surface area contributed by atoms with Gasteiger partial charge >= 0.3 is 0 Å². The molecule has 0 saturated carbocycles. The van der Waals surface area contributed by atoms with E-state index in [9.17, 15) is 17.2 Å². The van der Waals surface area contributed by atoms with Gasteiger partial charge in [-0.25, -0.2) is 23.7 Å². The minimum Gasteiger partial charge on any atom is -0.271 e. The second kappa shape index (κ2) is 6.16. The van der Waals surface area contributed by atoms with Gasteiger partial charge in [-0.3, -0.25) is 4.72 Å². The molecule has 0 aliphatic carbocycles. The largest absolute Gasteiger partial charge is 0.299 e. The van der Waals surface area contributed by atoms with Crippen LogP contribution in [0, 0.1) is 25.5 Å². The highest BCUT2D eigenvalue weighted by atomic mass is 32.2. The first-order valence-electron chi connectivity index (χ1n) is 6.98. The standard InChI is InChI=1S/C14H12F2N6O2S/c1-8-6-7-17-13(18-8)22-9(2)19-14(20-22)25(23,24)21-12-10(15)4-3-5-11(12)16/h3-7,21H,1-2H3. The molecule has 8 nitrogen and oxygen atoms in total. The fraction of sp³-hybridized carbons (Fsp3) is 0.143. The van der Waals surface area contributed by atoms with Gasteiger partial charge in [0.05, 0.1) is 0 Å². The summed E-state index contributed by atoms with van der Waals surface area (Å²) in [5.41, 5.74) is -0.154. The van der Waals surface area contributed by atoms with Crippen LogP contribution >= 0.6 is 0 Å². The Morgan fingerprint density at radius 2 is 1.76 bits per heavy atom. The van der Waals surface area contributed by atoms with Crippen LogP contribution in [0.4, 0.5) is 14.5 Å². The highest BCUT2D eigenvalue weighted by Gasteiger charge is 2.25. The third-order valence-electron chi connectivity index (χ3n) is 3.16. The molecule has 0 fully saturated rings. The van der Waals surface area contributed by atoms with Gasteiger partial charge in [-0.15, -0.1) is 5.10 Å². The summed E-state index contributed by atoms with van der Waals surface area (Å²) in [5.74, 6) is -1.79. The molecule has 0 saturated heterocycles. The lowest BCUT2D eigenvalue weighted by atomic mass is 10.3. The zero-order valence-electron chi connectivity index (χ0n) is 13.1. The Kier molecular flexibility index (Phi) is 4.17. The molecule has 0 radical (unpaired) electrons. The third-order valence-corrected chi connectivity index (χ3v) is 4.29. The number of rotatable bonds is 4. The van der Waals surface area contributed by atoms with E-state index in [0.717, 1.165) is 22.9 Å². The number of benzene rings is 1. The molecule has 11 heteroatoms. The van der Waals surface area contributed by atoms with Gasteiger partial charge in [-0.2, -0.15) is 13.1 Å². The van der Waals surface area contributed by atoms with Crippen molar-refractivity contribution in [3.63, 3.8) is 0 Å². The molecule has 1 aromatic carbocycles. The van der Waals surface area contributed by atoms with Crippen LogP contribution in [0.25, 0.3) is 5.95 Å². The summed E-state index contributed by atoms with van der Waals surface area (Å²) in [5, 5.41) is 3.18. The Morgan fingerprint density at radius 1 is 1.08 bits per heavy atom. The molecule has 2 heterocycles. The predicted octanol–water partition coefficient (Wildman–Crippen LogP) is 1.75. The van der Waals surface area contributed by atoms with E-state index < -0.39 is 32.5 Å². The lowest BCUT2D eigenvalue weighted by Gasteiger charge is -2.06. The summed E-state index contributed by atoms with van der Waals surface area (Å²) in [4.78, 5) is 11.9. The predicted molar refractivity (Wildman–Crippen MR) is 83.6 cm³/mol. The number of nitrogens with one attached hydrogen (secondary N) is 1. The third kappa shape index (κ3) is 3.31. The van der Waals surface area contributed by atoms with Crippen LogP contribution in [0.2, 0.25) is 0 Å². The van der Waals surface area contributed by atoms with E-state index in [0.29, 0.717) is 5.69 Å². The van der Waals surface area contributed by atoms with Gasteiger partial charge in [0.2, 0.25) is 0 Å². The Balaban J connectivity index is 2.00. The molecule has 0 bridgehead atoms.